The summed E-state index contributed by atoms with van der Waals surface area (Å²) in [5.74, 6) is -0.212. The topological polar surface area (TPSA) is 66.5 Å². The molecule has 0 radical (unpaired) electrons. The van der Waals surface area contributed by atoms with E-state index in [1.54, 1.807) is 30.3 Å². The molecule has 1 fully saturated rings. The highest BCUT2D eigenvalue weighted by molar-refractivity contribution is 7.89. The summed E-state index contributed by atoms with van der Waals surface area (Å²) in [4.78, 5) is 13.5. The lowest BCUT2D eigenvalue weighted by atomic mass is 10.2. The van der Waals surface area contributed by atoms with Crippen LogP contribution in [0, 0.1) is 0 Å². The van der Waals surface area contributed by atoms with E-state index in [1.807, 2.05) is 6.07 Å². The van der Waals surface area contributed by atoms with Crippen molar-refractivity contribution in [1.82, 2.24) is 4.31 Å². The Balaban J connectivity index is 1.71. The molecule has 1 saturated heterocycles. The van der Waals surface area contributed by atoms with Gasteiger partial charge in [0.15, 0.2) is 0 Å². The van der Waals surface area contributed by atoms with Gasteiger partial charge < -0.3 is 5.32 Å². The van der Waals surface area contributed by atoms with Crippen LogP contribution in [0.4, 0.5) is 5.69 Å². The number of benzene rings is 1. The highest BCUT2D eigenvalue weighted by Crippen LogP contribution is 2.27. The van der Waals surface area contributed by atoms with Gasteiger partial charge in [-0.05, 0) is 43.5 Å². The lowest BCUT2D eigenvalue weighted by Crippen LogP contribution is -2.36. The van der Waals surface area contributed by atoms with E-state index in [4.69, 9.17) is 11.6 Å². The van der Waals surface area contributed by atoms with Gasteiger partial charge in [-0.25, -0.2) is 8.42 Å². The number of anilines is 1. The number of piperidine rings is 1. The van der Waals surface area contributed by atoms with E-state index in [0.717, 1.165) is 24.1 Å². The molecule has 3 rings (SSSR count). The molecule has 0 bridgehead atoms. The Morgan fingerprint density at radius 3 is 2.54 bits per heavy atom. The van der Waals surface area contributed by atoms with E-state index in [-0.39, 0.29) is 17.2 Å². The van der Waals surface area contributed by atoms with Crippen molar-refractivity contribution in [2.24, 2.45) is 0 Å². The molecule has 0 aliphatic carbocycles. The van der Waals surface area contributed by atoms with Gasteiger partial charge in [-0.2, -0.15) is 4.31 Å². The molecular weight excluding hydrogens is 392 g/mol. The first-order chi connectivity index (χ1) is 12.5. The number of sulfonamides is 1. The zero-order chi connectivity index (χ0) is 18.6. The van der Waals surface area contributed by atoms with E-state index in [0.29, 0.717) is 29.5 Å². The van der Waals surface area contributed by atoms with Gasteiger partial charge in [0.2, 0.25) is 15.9 Å². The molecule has 1 aliphatic heterocycles. The molecule has 5 nitrogen and oxygen atoms in total. The van der Waals surface area contributed by atoms with Crippen molar-refractivity contribution in [3.05, 3.63) is 45.6 Å². The predicted octanol–water partition coefficient (Wildman–Crippen LogP) is 4.15. The largest absolute Gasteiger partial charge is 0.325 e. The van der Waals surface area contributed by atoms with Crippen LogP contribution >= 0.6 is 22.9 Å². The molecule has 1 aromatic carbocycles. The quantitative estimate of drug-likeness (QED) is 0.775. The summed E-state index contributed by atoms with van der Waals surface area (Å²) in [6.45, 7) is 1.06. The van der Waals surface area contributed by atoms with Crippen molar-refractivity contribution in [2.45, 2.75) is 37.0 Å². The highest BCUT2D eigenvalue weighted by atomic mass is 35.5. The summed E-state index contributed by atoms with van der Waals surface area (Å²) in [5.41, 5.74) is 0.340. The average Bonchev–Trinajstić information content (AvgIpc) is 3.06. The summed E-state index contributed by atoms with van der Waals surface area (Å²) in [6.07, 6.45) is 3.64. The third kappa shape index (κ3) is 4.65. The van der Waals surface area contributed by atoms with Crippen LogP contribution in [0.3, 0.4) is 0 Å². The summed E-state index contributed by atoms with van der Waals surface area (Å²) in [5, 5.41) is 2.76. The Hall–Kier alpha value is -1.41. The third-order valence-corrected chi connectivity index (χ3v) is 7.57. The Morgan fingerprint density at radius 2 is 1.85 bits per heavy atom. The molecule has 2 aromatic rings. The number of nitrogens with zero attached hydrogens (tertiary/aromatic N) is 1. The Bertz CT molecular complexity index is 874. The number of rotatable bonds is 6. The summed E-state index contributed by atoms with van der Waals surface area (Å²) in [6, 6.07) is 10.3. The third-order valence-electron chi connectivity index (χ3n) is 4.32. The Labute approximate surface area is 163 Å². The second kappa shape index (κ2) is 8.52. The van der Waals surface area contributed by atoms with Crippen LogP contribution in [-0.4, -0.2) is 31.7 Å². The molecule has 0 spiro atoms. The molecule has 0 saturated carbocycles. The van der Waals surface area contributed by atoms with Gasteiger partial charge in [0, 0.05) is 24.4 Å². The number of nitrogens with one attached hydrogen (secondary N) is 1. The predicted molar refractivity (Wildman–Crippen MR) is 105 cm³/mol. The summed E-state index contributed by atoms with van der Waals surface area (Å²) >= 11 is 7.34. The Kier molecular flexibility index (Phi) is 6.34. The van der Waals surface area contributed by atoms with Crippen LogP contribution in [0.1, 0.15) is 30.6 Å². The number of hydrogen-bond acceptors (Lipinski definition) is 4. The van der Waals surface area contributed by atoms with Crippen LogP contribution in [-0.2, 0) is 21.2 Å². The maximum Gasteiger partial charge on any atom is 0.245 e. The number of carbonyl (C=O) groups excluding carboxylic acids is 1. The van der Waals surface area contributed by atoms with Gasteiger partial charge in [-0.3, -0.25) is 4.79 Å². The number of carbonyl (C=O) groups is 1. The van der Waals surface area contributed by atoms with Crippen LogP contribution in [0.25, 0.3) is 0 Å². The molecular formula is C18H21ClN2O3S2. The molecule has 2 heterocycles. The number of para-hydroxylation sites is 1. The highest BCUT2D eigenvalue weighted by Gasteiger charge is 2.28. The minimum Gasteiger partial charge on any atom is -0.325 e. The van der Waals surface area contributed by atoms with E-state index in [1.165, 1.54) is 15.6 Å². The molecule has 0 atom stereocenters. The maximum absolute atomic E-state index is 12.9. The minimum absolute atomic E-state index is 0.161. The first-order valence-corrected chi connectivity index (χ1v) is 11.2. The fourth-order valence-electron chi connectivity index (χ4n) is 2.97. The maximum atomic E-state index is 12.9. The van der Waals surface area contributed by atoms with Gasteiger partial charge in [-0.15, -0.1) is 11.3 Å². The Morgan fingerprint density at radius 1 is 1.12 bits per heavy atom. The molecule has 140 valence electrons. The number of amides is 1. The monoisotopic (exact) mass is 412 g/mol. The van der Waals surface area contributed by atoms with Crippen LogP contribution in [0.2, 0.25) is 4.34 Å². The van der Waals surface area contributed by atoms with E-state index in [9.17, 15) is 13.2 Å². The second-order valence-electron chi connectivity index (χ2n) is 6.21. The van der Waals surface area contributed by atoms with E-state index < -0.39 is 10.0 Å². The molecule has 1 amide bonds. The van der Waals surface area contributed by atoms with Gasteiger partial charge in [0.25, 0.3) is 0 Å². The molecule has 1 aliphatic rings. The van der Waals surface area contributed by atoms with Crippen LogP contribution in [0.5, 0.6) is 0 Å². The SMILES string of the molecule is O=C(CCc1ccc(Cl)s1)Nc1ccccc1S(=O)(=O)N1CCCCC1. The lowest BCUT2D eigenvalue weighted by molar-refractivity contribution is -0.116. The number of aryl methyl sites for hydroxylation is 1. The molecule has 8 heteroatoms. The van der Waals surface area contributed by atoms with Gasteiger partial charge in [0.1, 0.15) is 4.90 Å². The molecule has 1 N–H and O–H groups in total. The normalized spacial score (nSPS) is 15.7. The molecule has 0 unspecified atom stereocenters. The zero-order valence-corrected chi connectivity index (χ0v) is 16.7. The van der Waals surface area contributed by atoms with Crippen LogP contribution < -0.4 is 5.32 Å². The van der Waals surface area contributed by atoms with Gasteiger partial charge >= 0.3 is 0 Å². The van der Waals surface area contributed by atoms with Gasteiger partial charge in [-0.1, -0.05) is 30.2 Å². The van der Waals surface area contributed by atoms with Crippen LogP contribution in [0.15, 0.2) is 41.3 Å². The lowest BCUT2D eigenvalue weighted by Gasteiger charge is -2.26. The zero-order valence-electron chi connectivity index (χ0n) is 14.3. The first kappa shape index (κ1) is 19.4. The summed E-state index contributed by atoms with van der Waals surface area (Å²) in [7, 11) is -3.60. The number of thiophene rings is 1. The van der Waals surface area contributed by atoms with E-state index >= 15 is 0 Å². The fourth-order valence-corrected chi connectivity index (χ4v) is 5.73. The standard InChI is InChI=1S/C18H21ClN2O3S2/c19-17-10-8-14(25-17)9-11-18(22)20-15-6-2-3-7-16(15)26(23,24)21-12-4-1-5-13-21/h2-3,6-8,10H,1,4-5,9,11-13H2,(H,20,22). The first-order valence-electron chi connectivity index (χ1n) is 8.60. The summed E-state index contributed by atoms with van der Waals surface area (Å²) < 4.78 is 28.1. The van der Waals surface area contributed by atoms with Gasteiger partial charge in [0.05, 0.1) is 10.0 Å². The molecule has 26 heavy (non-hydrogen) atoms. The molecule has 1 aromatic heterocycles. The minimum atomic E-state index is -3.60. The van der Waals surface area contributed by atoms with Crippen molar-refractivity contribution in [2.75, 3.05) is 18.4 Å². The van der Waals surface area contributed by atoms with Crippen molar-refractivity contribution >= 4 is 44.6 Å². The second-order valence-corrected chi connectivity index (χ2v) is 9.92. The fraction of sp³-hybridized carbons (Fsp3) is 0.389. The average molecular weight is 413 g/mol. The number of halogens is 1. The van der Waals surface area contributed by atoms with E-state index in [2.05, 4.69) is 5.32 Å². The number of hydrogen-bond donors (Lipinski definition) is 1. The smallest absolute Gasteiger partial charge is 0.245 e. The van der Waals surface area contributed by atoms with Crippen molar-refractivity contribution in [3.8, 4) is 0 Å². The van der Waals surface area contributed by atoms with Crippen molar-refractivity contribution in [3.63, 3.8) is 0 Å². The van der Waals surface area contributed by atoms with Crippen molar-refractivity contribution in [1.29, 1.82) is 0 Å². The van der Waals surface area contributed by atoms with Crippen molar-refractivity contribution < 1.29 is 13.2 Å².